The summed E-state index contributed by atoms with van der Waals surface area (Å²) in [6, 6.07) is 0. The van der Waals surface area contributed by atoms with E-state index in [4.69, 9.17) is 13.9 Å². The molecule has 3 fully saturated rings. The summed E-state index contributed by atoms with van der Waals surface area (Å²) in [6.45, 7) is 15.4. The first kappa shape index (κ1) is 16.9. The monoisotopic (exact) mass is 328 g/mol. The van der Waals surface area contributed by atoms with Gasteiger partial charge in [0.2, 0.25) is 0 Å². The van der Waals surface area contributed by atoms with Crippen LogP contribution in [-0.2, 0) is 13.9 Å². The fraction of sp³-hybridized carbons (Fsp3) is 1.00. The van der Waals surface area contributed by atoms with Crippen molar-refractivity contribution in [2.75, 3.05) is 0 Å². The molecular weight excluding hydrogens is 296 g/mol. The molecule has 1 heterocycles. The molecule has 1 N–H and O–H groups in total. The van der Waals surface area contributed by atoms with Crippen LogP contribution in [0.3, 0.4) is 0 Å². The third-order valence-electron chi connectivity index (χ3n) is 6.24. The van der Waals surface area contributed by atoms with Crippen molar-refractivity contribution in [1.82, 2.24) is 0 Å². The summed E-state index contributed by atoms with van der Waals surface area (Å²) < 4.78 is 19.1. The second-order valence-corrected chi connectivity index (χ2v) is 14.3. The van der Waals surface area contributed by atoms with Crippen molar-refractivity contribution in [3.8, 4) is 0 Å². The van der Waals surface area contributed by atoms with Gasteiger partial charge < -0.3 is 19.0 Å². The summed E-state index contributed by atoms with van der Waals surface area (Å²) in [7, 11) is -1.84. The van der Waals surface area contributed by atoms with Crippen LogP contribution >= 0.6 is 0 Å². The van der Waals surface area contributed by atoms with E-state index >= 15 is 0 Å². The van der Waals surface area contributed by atoms with Gasteiger partial charge in [0.15, 0.2) is 14.1 Å². The lowest BCUT2D eigenvalue weighted by Gasteiger charge is -2.46. The molecule has 0 aromatic rings. The Labute approximate surface area is 135 Å². The molecule has 0 aromatic heterocycles. The molecule has 0 bridgehead atoms. The number of hydrogen-bond donors (Lipinski definition) is 1. The smallest absolute Gasteiger partial charge is 0.192 e. The molecule has 3 atom stereocenters. The Morgan fingerprint density at radius 3 is 2.18 bits per heavy atom. The number of ether oxygens (including phenoxy) is 2. The second-order valence-electron chi connectivity index (χ2n) is 9.57. The highest BCUT2D eigenvalue weighted by molar-refractivity contribution is 6.74. The lowest BCUT2D eigenvalue weighted by Crippen LogP contribution is -2.48. The van der Waals surface area contributed by atoms with Crippen LogP contribution in [0, 0.1) is 5.41 Å². The molecule has 0 aromatic carbocycles. The fourth-order valence-corrected chi connectivity index (χ4v) is 5.44. The van der Waals surface area contributed by atoms with Crippen LogP contribution < -0.4 is 0 Å². The average Bonchev–Trinajstić information content (AvgIpc) is 2.71. The van der Waals surface area contributed by atoms with E-state index in [-0.39, 0.29) is 34.9 Å². The minimum absolute atomic E-state index is 0.0108. The van der Waals surface area contributed by atoms with E-state index in [1.807, 2.05) is 13.8 Å². The number of aliphatic hydroxyl groups excluding tert-OH is 1. The lowest BCUT2D eigenvalue weighted by atomic mass is 9.64. The standard InChI is InChI=1S/C17H32O4Si/c1-15(2,3)22(6,7)21-12-10-17(8-11(18)9-17)14-13(12)19-16(4,5)20-14/h11-14,18H,8-10H2,1-7H3/t11?,12-,13-,14-,17?/m0/s1. The molecule has 3 aliphatic rings. The van der Waals surface area contributed by atoms with Gasteiger partial charge in [-0.05, 0) is 51.2 Å². The van der Waals surface area contributed by atoms with Gasteiger partial charge in [-0.15, -0.1) is 0 Å². The van der Waals surface area contributed by atoms with Crippen molar-refractivity contribution in [3.05, 3.63) is 0 Å². The first-order valence-corrected chi connectivity index (χ1v) is 11.5. The van der Waals surface area contributed by atoms with Crippen LogP contribution in [0.15, 0.2) is 0 Å². The quantitative estimate of drug-likeness (QED) is 0.789. The highest BCUT2D eigenvalue weighted by Gasteiger charge is 2.66. The zero-order valence-electron chi connectivity index (χ0n) is 15.1. The Bertz CT molecular complexity index is 448. The van der Waals surface area contributed by atoms with Crippen molar-refractivity contribution >= 4 is 8.32 Å². The molecule has 0 unspecified atom stereocenters. The molecule has 2 aliphatic carbocycles. The van der Waals surface area contributed by atoms with Gasteiger partial charge >= 0.3 is 0 Å². The van der Waals surface area contributed by atoms with Crippen LogP contribution in [0.4, 0.5) is 0 Å². The molecule has 2 saturated carbocycles. The zero-order chi connectivity index (χ0) is 16.6. The van der Waals surface area contributed by atoms with Gasteiger partial charge in [-0.25, -0.2) is 0 Å². The molecule has 0 radical (unpaired) electrons. The van der Waals surface area contributed by atoms with Gasteiger partial charge in [0.1, 0.15) is 6.10 Å². The van der Waals surface area contributed by atoms with E-state index in [2.05, 4.69) is 33.9 Å². The molecule has 3 rings (SSSR count). The summed E-state index contributed by atoms with van der Waals surface area (Å²) in [5.41, 5.74) is 0.0604. The summed E-state index contributed by atoms with van der Waals surface area (Å²) >= 11 is 0. The summed E-state index contributed by atoms with van der Waals surface area (Å²) in [5, 5.41) is 10.0. The van der Waals surface area contributed by atoms with E-state index in [1.54, 1.807) is 0 Å². The Kier molecular flexibility index (Phi) is 3.68. The molecule has 0 amide bonds. The van der Waals surface area contributed by atoms with Crippen molar-refractivity contribution in [1.29, 1.82) is 0 Å². The van der Waals surface area contributed by atoms with Crippen LogP contribution in [0.1, 0.15) is 53.9 Å². The van der Waals surface area contributed by atoms with E-state index < -0.39 is 14.1 Å². The molecule has 1 saturated heterocycles. The maximum Gasteiger partial charge on any atom is 0.192 e. The first-order valence-electron chi connectivity index (χ1n) is 8.57. The average molecular weight is 329 g/mol. The van der Waals surface area contributed by atoms with E-state index in [0.717, 1.165) is 19.3 Å². The third-order valence-corrected chi connectivity index (χ3v) is 10.7. The maximum absolute atomic E-state index is 9.84. The normalized spacial score (nSPS) is 44.2. The minimum Gasteiger partial charge on any atom is -0.411 e. The molecule has 1 spiro atoms. The molecule has 5 heteroatoms. The van der Waals surface area contributed by atoms with E-state index in [9.17, 15) is 5.11 Å². The van der Waals surface area contributed by atoms with Crippen LogP contribution in [0.25, 0.3) is 0 Å². The Balaban J connectivity index is 1.81. The van der Waals surface area contributed by atoms with Crippen LogP contribution in [-0.4, -0.2) is 43.6 Å². The number of rotatable bonds is 2. The molecule has 22 heavy (non-hydrogen) atoms. The summed E-state index contributed by atoms with van der Waals surface area (Å²) in [4.78, 5) is 0. The second kappa shape index (κ2) is 4.79. The van der Waals surface area contributed by atoms with Crippen molar-refractivity contribution in [2.24, 2.45) is 5.41 Å². The summed E-state index contributed by atoms with van der Waals surface area (Å²) in [5.74, 6) is -0.543. The van der Waals surface area contributed by atoms with Crippen LogP contribution in [0.5, 0.6) is 0 Å². The van der Waals surface area contributed by atoms with Crippen molar-refractivity contribution < 1.29 is 19.0 Å². The van der Waals surface area contributed by atoms with Crippen molar-refractivity contribution in [2.45, 2.75) is 102 Å². The van der Waals surface area contributed by atoms with E-state index in [0.29, 0.717) is 0 Å². The summed E-state index contributed by atoms with van der Waals surface area (Å²) in [6.07, 6.45) is 2.61. The Morgan fingerprint density at radius 2 is 1.68 bits per heavy atom. The number of fused-ring (bicyclic) bond motifs is 2. The van der Waals surface area contributed by atoms with Gasteiger partial charge in [-0.1, -0.05) is 20.8 Å². The van der Waals surface area contributed by atoms with Gasteiger partial charge in [-0.3, -0.25) is 0 Å². The first-order chi connectivity index (χ1) is 9.85. The predicted octanol–water partition coefficient (Wildman–Crippen LogP) is 3.44. The predicted molar refractivity (Wildman–Crippen MR) is 88.2 cm³/mol. The molecule has 1 aliphatic heterocycles. The molecule has 128 valence electrons. The maximum atomic E-state index is 9.84. The topological polar surface area (TPSA) is 47.9 Å². The van der Waals surface area contributed by atoms with Gasteiger partial charge in [0.25, 0.3) is 0 Å². The molecule has 4 nitrogen and oxygen atoms in total. The Morgan fingerprint density at radius 1 is 1.09 bits per heavy atom. The highest BCUT2D eigenvalue weighted by atomic mass is 28.4. The zero-order valence-corrected chi connectivity index (χ0v) is 16.1. The van der Waals surface area contributed by atoms with Gasteiger partial charge in [0.05, 0.1) is 18.3 Å². The minimum atomic E-state index is -1.84. The van der Waals surface area contributed by atoms with Crippen LogP contribution in [0.2, 0.25) is 18.1 Å². The number of hydrogen-bond acceptors (Lipinski definition) is 4. The number of aliphatic hydroxyl groups is 1. The molecular formula is C17H32O4Si. The van der Waals surface area contributed by atoms with Gasteiger partial charge in [-0.2, -0.15) is 0 Å². The van der Waals surface area contributed by atoms with Gasteiger partial charge in [0, 0.05) is 5.41 Å². The lowest BCUT2D eigenvalue weighted by molar-refractivity contribution is -0.191. The highest BCUT2D eigenvalue weighted by Crippen LogP contribution is 2.60. The fourth-order valence-electron chi connectivity index (χ4n) is 4.11. The largest absolute Gasteiger partial charge is 0.411 e. The third kappa shape index (κ3) is 2.59. The Hall–Kier alpha value is 0.0569. The van der Waals surface area contributed by atoms with Crippen molar-refractivity contribution in [3.63, 3.8) is 0 Å². The SMILES string of the molecule is CC1(C)O[C@H]2[C@@H](O[Si](C)(C)C(C)(C)C)CC3(CC(O)C3)[C@H]2O1. The van der Waals surface area contributed by atoms with E-state index in [1.165, 1.54) is 0 Å².